The Morgan fingerprint density at radius 3 is 2.68 bits per heavy atom. The zero-order valence-corrected chi connectivity index (χ0v) is 13.6. The highest BCUT2D eigenvalue weighted by Gasteiger charge is 2.28. The molecule has 0 atom stereocenters. The summed E-state index contributed by atoms with van der Waals surface area (Å²) in [5.74, 6) is -3.43. The standard InChI is InChI=1S/C14H16F2N2O2S2/c1-2-10-9-18-13(21-10)7-8-17-11-5-3-4-6-12(11)22(19,20)14(15)16/h3-6,9,14,17H,2,7-8H2,1H3. The summed E-state index contributed by atoms with van der Waals surface area (Å²) < 4.78 is 48.6. The molecule has 0 aliphatic carbocycles. The molecule has 0 bridgehead atoms. The normalized spacial score (nSPS) is 11.8. The van der Waals surface area contributed by atoms with E-state index in [1.54, 1.807) is 17.4 Å². The molecular weight excluding hydrogens is 330 g/mol. The zero-order valence-electron chi connectivity index (χ0n) is 11.9. The number of rotatable bonds is 7. The van der Waals surface area contributed by atoms with Crippen molar-refractivity contribution in [3.05, 3.63) is 40.3 Å². The third-order valence-corrected chi connectivity index (χ3v) is 5.67. The fourth-order valence-corrected chi connectivity index (χ4v) is 3.66. The van der Waals surface area contributed by atoms with Crippen LogP contribution < -0.4 is 5.32 Å². The molecule has 4 nitrogen and oxygen atoms in total. The molecular formula is C14H16F2N2O2S2. The third kappa shape index (κ3) is 3.80. The van der Waals surface area contributed by atoms with Gasteiger partial charge in [-0.3, -0.25) is 0 Å². The summed E-state index contributed by atoms with van der Waals surface area (Å²) >= 11 is 1.59. The van der Waals surface area contributed by atoms with Gasteiger partial charge in [0.05, 0.1) is 15.6 Å². The Kier molecular flexibility index (Phi) is 5.47. The lowest BCUT2D eigenvalue weighted by molar-refractivity contribution is 0.235. The van der Waals surface area contributed by atoms with Gasteiger partial charge in [0.1, 0.15) is 0 Å². The molecule has 22 heavy (non-hydrogen) atoms. The Balaban J connectivity index is 2.07. The largest absolute Gasteiger partial charge is 0.384 e. The van der Waals surface area contributed by atoms with Crippen LogP contribution in [0.4, 0.5) is 14.5 Å². The maximum atomic E-state index is 12.7. The first-order chi connectivity index (χ1) is 10.4. The number of aryl methyl sites for hydroxylation is 1. The molecule has 0 saturated heterocycles. The van der Waals surface area contributed by atoms with Crippen LogP contribution in [0, 0.1) is 0 Å². The van der Waals surface area contributed by atoms with Crippen LogP contribution in [-0.4, -0.2) is 25.7 Å². The quantitative estimate of drug-likeness (QED) is 0.835. The van der Waals surface area contributed by atoms with Crippen molar-refractivity contribution in [1.29, 1.82) is 0 Å². The minimum Gasteiger partial charge on any atom is -0.384 e. The molecule has 1 aromatic carbocycles. The predicted molar refractivity (Wildman–Crippen MR) is 83.3 cm³/mol. The number of nitrogens with zero attached hydrogens (tertiary/aromatic N) is 1. The number of hydrogen-bond acceptors (Lipinski definition) is 5. The van der Waals surface area contributed by atoms with E-state index in [0.29, 0.717) is 13.0 Å². The van der Waals surface area contributed by atoms with Gasteiger partial charge in [-0.05, 0) is 18.6 Å². The fraction of sp³-hybridized carbons (Fsp3) is 0.357. The van der Waals surface area contributed by atoms with Gasteiger partial charge in [0.15, 0.2) is 0 Å². The molecule has 120 valence electrons. The highest BCUT2D eigenvalue weighted by Crippen LogP contribution is 2.26. The highest BCUT2D eigenvalue weighted by molar-refractivity contribution is 7.91. The van der Waals surface area contributed by atoms with Crippen LogP contribution in [0.5, 0.6) is 0 Å². The van der Waals surface area contributed by atoms with Gasteiger partial charge >= 0.3 is 5.76 Å². The summed E-state index contributed by atoms with van der Waals surface area (Å²) in [5, 5.41) is 3.83. The van der Waals surface area contributed by atoms with E-state index in [4.69, 9.17) is 0 Å². The van der Waals surface area contributed by atoms with Crippen molar-refractivity contribution in [3.63, 3.8) is 0 Å². The molecule has 0 fully saturated rings. The Morgan fingerprint density at radius 1 is 1.32 bits per heavy atom. The van der Waals surface area contributed by atoms with Crippen molar-refractivity contribution < 1.29 is 17.2 Å². The number of nitrogens with one attached hydrogen (secondary N) is 1. The molecule has 1 aromatic heterocycles. The van der Waals surface area contributed by atoms with E-state index in [9.17, 15) is 17.2 Å². The van der Waals surface area contributed by atoms with Gasteiger partial charge in [0.25, 0.3) is 0 Å². The first-order valence-electron chi connectivity index (χ1n) is 6.73. The summed E-state index contributed by atoms with van der Waals surface area (Å²) in [6.07, 6.45) is 3.34. The van der Waals surface area contributed by atoms with Gasteiger partial charge in [-0.2, -0.15) is 8.78 Å². The number of sulfone groups is 1. The number of halogens is 2. The van der Waals surface area contributed by atoms with Crippen molar-refractivity contribution in [2.45, 2.75) is 30.4 Å². The SMILES string of the molecule is CCc1cnc(CCNc2ccccc2S(=O)(=O)C(F)F)s1. The van der Waals surface area contributed by atoms with Crippen LogP contribution in [-0.2, 0) is 22.7 Å². The summed E-state index contributed by atoms with van der Waals surface area (Å²) in [7, 11) is -4.61. The smallest absolute Gasteiger partial charge is 0.341 e. The van der Waals surface area contributed by atoms with E-state index >= 15 is 0 Å². The van der Waals surface area contributed by atoms with Gasteiger partial charge < -0.3 is 5.32 Å². The zero-order chi connectivity index (χ0) is 16.2. The molecule has 0 spiro atoms. The van der Waals surface area contributed by atoms with E-state index in [2.05, 4.69) is 10.3 Å². The number of aromatic nitrogens is 1. The topological polar surface area (TPSA) is 59.1 Å². The fourth-order valence-electron chi connectivity index (χ4n) is 1.89. The lowest BCUT2D eigenvalue weighted by Crippen LogP contribution is -2.15. The van der Waals surface area contributed by atoms with Gasteiger partial charge in [0, 0.05) is 24.0 Å². The molecule has 0 radical (unpaired) electrons. The van der Waals surface area contributed by atoms with E-state index in [1.807, 2.05) is 13.1 Å². The lowest BCUT2D eigenvalue weighted by Gasteiger charge is -2.11. The first kappa shape index (κ1) is 16.8. The van der Waals surface area contributed by atoms with E-state index in [0.717, 1.165) is 11.4 Å². The van der Waals surface area contributed by atoms with Crippen LogP contribution in [0.2, 0.25) is 0 Å². The molecule has 1 heterocycles. The molecule has 8 heteroatoms. The summed E-state index contributed by atoms with van der Waals surface area (Å²) in [5.41, 5.74) is 0.190. The van der Waals surface area contributed by atoms with Gasteiger partial charge in [-0.25, -0.2) is 13.4 Å². The number of thiazole rings is 1. The molecule has 0 amide bonds. The third-order valence-electron chi connectivity index (χ3n) is 3.03. The van der Waals surface area contributed by atoms with E-state index in [1.165, 1.54) is 23.1 Å². The van der Waals surface area contributed by atoms with Gasteiger partial charge in [0.2, 0.25) is 9.84 Å². The Morgan fingerprint density at radius 2 is 2.05 bits per heavy atom. The Hall–Kier alpha value is -1.54. The van der Waals surface area contributed by atoms with Crippen molar-refractivity contribution >= 4 is 26.9 Å². The van der Waals surface area contributed by atoms with Crippen LogP contribution in [0.25, 0.3) is 0 Å². The monoisotopic (exact) mass is 346 g/mol. The molecule has 0 unspecified atom stereocenters. The Labute approximate surface area is 132 Å². The van der Waals surface area contributed by atoms with Crippen LogP contribution in [0.3, 0.4) is 0 Å². The van der Waals surface area contributed by atoms with Crippen LogP contribution >= 0.6 is 11.3 Å². The van der Waals surface area contributed by atoms with Crippen LogP contribution in [0.15, 0.2) is 35.4 Å². The summed E-state index contributed by atoms with van der Waals surface area (Å²) in [6.45, 7) is 2.47. The summed E-state index contributed by atoms with van der Waals surface area (Å²) in [6, 6.07) is 5.69. The van der Waals surface area contributed by atoms with Crippen molar-refractivity contribution in [1.82, 2.24) is 4.98 Å². The van der Waals surface area contributed by atoms with Crippen molar-refractivity contribution in [2.75, 3.05) is 11.9 Å². The minimum absolute atomic E-state index is 0.190. The second kappa shape index (κ2) is 7.15. The van der Waals surface area contributed by atoms with E-state index in [-0.39, 0.29) is 10.6 Å². The lowest BCUT2D eigenvalue weighted by atomic mass is 10.3. The average Bonchev–Trinajstić information content (AvgIpc) is 2.95. The second-order valence-electron chi connectivity index (χ2n) is 4.55. The second-order valence-corrected chi connectivity index (χ2v) is 7.64. The molecule has 0 aliphatic heterocycles. The van der Waals surface area contributed by atoms with Gasteiger partial charge in [-0.15, -0.1) is 11.3 Å². The Bertz CT molecular complexity index is 730. The maximum absolute atomic E-state index is 12.7. The van der Waals surface area contributed by atoms with E-state index < -0.39 is 15.6 Å². The van der Waals surface area contributed by atoms with Crippen molar-refractivity contribution in [3.8, 4) is 0 Å². The average molecular weight is 346 g/mol. The molecule has 0 saturated carbocycles. The predicted octanol–water partition coefficient (Wildman–Crippen LogP) is 3.36. The highest BCUT2D eigenvalue weighted by atomic mass is 32.2. The number of anilines is 1. The molecule has 2 rings (SSSR count). The molecule has 1 N–H and O–H groups in total. The number of alkyl halides is 2. The summed E-state index contributed by atoms with van der Waals surface area (Å²) in [4.78, 5) is 5.06. The molecule has 0 aliphatic rings. The van der Waals surface area contributed by atoms with Crippen molar-refractivity contribution in [2.24, 2.45) is 0 Å². The van der Waals surface area contributed by atoms with Gasteiger partial charge in [-0.1, -0.05) is 19.1 Å². The number of hydrogen-bond donors (Lipinski definition) is 1. The number of benzene rings is 1. The minimum atomic E-state index is -4.61. The number of para-hydroxylation sites is 1. The molecule has 2 aromatic rings. The first-order valence-corrected chi connectivity index (χ1v) is 9.10. The maximum Gasteiger partial charge on any atom is 0.341 e. The van der Waals surface area contributed by atoms with Crippen LogP contribution in [0.1, 0.15) is 16.8 Å².